The first-order chi connectivity index (χ1) is 8.45. The Labute approximate surface area is 101 Å². The maximum absolute atomic E-state index is 9.77. The summed E-state index contributed by atoms with van der Waals surface area (Å²) in [4.78, 5) is 3.71. The molecule has 1 aromatic rings. The Bertz CT molecular complexity index is 462. The molecule has 8 N–H and O–H groups in total. The summed E-state index contributed by atoms with van der Waals surface area (Å²) in [6.07, 6.45) is -4.59. The molecule has 4 atom stereocenters. The third-order valence-electron chi connectivity index (χ3n) is 2.66. The molecule has 2 heterocycles. The molecule has 1 aromatic heterocycles. The van der Waals surface area contributed by atoms with Crippen LogP contribution in [-0.2, 0) is 4.74 Å². The van der Waals surface area contributed by atoms with E-state index in [-0.39, 0.29) is 17.6 Å². The number of amidine groups is 1. The average Bonchev–Trinajstić information content (AvgIpc) is 2.83. The summed E-state index contributed by atoms with van der Waals surface area (Å²) in [6, 6.07) is 0. The zero-order valence-corrected chi connectivity index (χ0v) is 9.26. The van der Waals surface area contributed by atoms with Crippen molar-refractivity contribution >= 4 is 11.8 Å². The predicted octanol–water partition coefficient (Wildman–Crippen LogP) is -3.24. The van der Waals surface area contributed by atoms with Crippen molar-refractivity contribution in [3.05, 3.63) is 5.82 Å². The lowest BCUT2D eigenvalue weighted by atomic mass is 10.1. The first-order valence-electron chi connectivity index (χ1n) is 5.14. The average molecular weight is 258 g/mol. The van der Waals surface area contributed by atoms with E-state index in [2.05, 4.69) is 10.1 Å². The lowest BCUT2D eigenvalue weighted by molar-refractivity contribution is -0.0575. The molecule has 0 aliphatic carbocycles. The minimum Gasteiger partial charge on any atom is -0.394 e. The number of aromatic nitrogens is 3. The molecule has 0 saturated carbocycles. The van der Waals surface area contributed by atoms with E-state index in [4.69, 9.17) is 26.7 Å². The lowest BCUT2D eigenvalue weighted by Gasteiger charge is -2.15. The van der Waals surface area contributed by atoms with Crippen LogP contribution in [0.15, 0.2) is 0 Å². The van der Waals surface area contributed by atoms with Crippen molar-refractivity contribution in [1.82, 2.24) is 14.8 Å². The fourth-order valence-electron chi connectivity index (χ4n) is 1.72. The highest BCUT2D eigenvalue weighted by molar-refractivity contribution is 5.91. The monoisotopic (exact) mass is 258 g/mol. The molecule has 0 radical (unpaired) electrons. The van der Waals surface area contributed by atoms with Crippen LogP contribution in [0.3, 0.4) is 0 Å². The van der Waals surface area contributed by atoms with Crippen molar-refractivity contribution in [1.29, 1.82) is 5.41 Å². The van der Waals surface area contributed by atoms with Gasteiger partial charge in [-0.2, -0.15) is 9.67 Å². The highest BCUT2D eigenvalue weighted by atomic mass is 16.6. The zero-order chi connectivity index (χ0) is 13.4. The van der Waals surface area contributed by atoms with Crippen LogP contribution in [0, 0.1) is 5.41 Å². The van der Waals surface area contributed by atoms with Crippen molar-refractivity contribution in [3.8, 4) is 0 Å². The summed E-state index contributed by atoms with van der Waals surface area (Å²) >= 11 is 0. The van der Waals surface area contributed by atoms with Crippen LogP contribution in [0.2, 0.25) is 0 Å². The Hall–Kier alpha value is -1.75. The molecule has 10 nitrogen and oxygen atoms in total. The first-order valence-corrected chi connectivity index (χ1v) is 5.14. The summed E-state index contributed by atoms with van der Waals surface area (Å²) in [7, 11) is 0. The highest BCUT2D eigenvalue weighted by Crippen LogP contribution is 2.29. The Morgan fingerprint density at radius 2 is 2.11 bits per heavy atom. The Morgan fingerprint density at radius 3 is 2.56 bits per heavy atom. The molecule has 0 unspecified atom stereocenters. The summed E-state index contributed by atoms with van der Waals surface area (Å²) < 4.78 is 6.23. The van der Waals surface area contributed by atoms with E-state index in [1.54, 1.807) is 0 Å². The van der Waals surface area contributed by atoms with Gasteiger partial charge in [-0.15, -0.1) is 5.10 Å². The molecule has 1 aliphatic heterocycles. The van der Waals surface area contributed by atoms with Crippen LogP contribution in [0.25, 0.3) is 0 Å². The molecular weight excluding hydrogens is 244 g/mol. The number of hydrogen-bond donors (Lipinski definition) is 6. The van der Waals surface area contributed by atoms with Gasteiger partial charge in [-0.1, -0.05) is 0 Å². The summed E-state index contributed by atoms with van der Waals surface area (Å²) in [6.45, 7) is -0.455. The van der Waals surface area contributed by atoms with E-state index in [9.17, 15) is 10.2 Å². The molecule has 2 rings (SSSR count). The van der Waals surface area contributed by atoms with Gasteiger partial charge in [-0.05, 0) is 0 Å². The van der Waals surface area contributed by atoms with E-state index in [0.717, 1.165) is 4.68 Å². The molecule has 0 aromatic carbocycles. The number of aliphatic hydroxyl groups excluding tert-OH is 3. The second-order valence-corrected chi connectivity index (χ2v) is 3.88. The molecule has 0 amide bonds. The second kappa shape index (κ2) is 4.49. The SMILES string of the molecule is N=C(N)c1nc(N)n([C@@H]2O[C@H](CO)[C@@H](O)[C@H]2O)n1. The van der Waals surface area contributed by atoms with Gasteiger partial charge >= 0.3 is 0 Å². The van der Waals surface area contributed by atoms with E-state index >= 15 is 0 Å². The van der Waals surface area contributed by atoms with Gasteiger partial charge in [0.25, 0.3) is 0 Å². The number of aliphatic hydroxyl groups is 3. The fraction of sp³-hybridized carbons (Fsp3) is 0.625. The van der Waals surface area contributed by atoms with Crippen LogP contribution in [0.1, 0.15) is 12.1 Å². The predicted molar refractivity (Wildman–Crippen MR) is 58.5 cm³/mol. The molecule has 1 saturated heterocycles. The van der Waals surface area contributed by atoms with Crippen molar-refractivity contribution in [2.75, 3.05) is 12.3 Å². The minimum atomic E-state index is -1.31. The maximum Gasteiger partial charge on any atom is 0.221 e. The smallest absolute Gasteiger partial charge is 0.221 e. The van der Waals surface area contributed by atoms with Crippen LogP contribution in [-0.4, -0.2) is 60.8 Å². The second-order valence-electron chi connectivity index (χ2n) is 3.88. The zero-order valence-electron chi connectivity index (χ0n) is 9.26. The van der Waals surface area contributed by atoms with Crippen molar-refractivity contribution in [3.63, 3.8) is 0 Å². The summed E-state index contributed by atoms with van der Waals surface area (Å²) in [5.41, 5.74) is 10.8. The number of nitrogen functional groups attached to an aromatic ring is 2. The van der Waals surface area contributed by atoms with Gasteiger partial charge in [-0.25, -0.2) is 0 Å². The van der Waals surface area contributed by atoms with Crippen LogP contribution < -0.4 is 11.5 Å². The standard InChI is InChI=1S/C8H14N6O4/c9-5(10)6-12-8(11)14(13-6)7-4(17)3(16)2(1-15)18-7/h2-4,7,15-17H,1H2,(H3,9,10)(H2,11,12,13)/t2-,3-,4-,7-/m1/s1. The Kier molecular flexibility index (Phi) is 3.17. The van der Waals surface area contributed by atoms with Crippen LogP contribution in [0.5, 0.6) is 0 Å². The molecule has 0 spiro atoms. The minimum absolute atomic E-state index is 0.106. The Morgan fingerprint density at radius 1 is 1.44 bits per heavy atom. The third kappa shape index (κ3) is 1.90. The fourth-order valence-corrected chi connectivity index (χ4v) is 1.72. The van der Waals surface area contributed by atoms with E-state index in [0.29, 0.717) is 0 Å². The highest BCUT2D eigenvalue weighted by Gasteiger charge is 2.44. The number of rotatable bonds is 3. The Balaban J connectivity index is 2.29. The number of hydrogen-bond acceptors (Lipinski definition) is 8. The number of nitrogens with one attached hydrogen (secondary N) is 1. The molecular formula is C8H14N6O4. The third-order valence-corrected chi connectivity index (χ3v) is 2.66. The van der Waals surface area contributed by atoms with Crippen LogP contribution >= 0.6 is 0 Å². The number of nitrogens with zero attached hydrogens (tertiary/aromatic N) is 3. The molecule has 10 heteroatoms. The topological polar surface area (TPSA) is 177 Å². The van der Waals surface area contributed by atoms with Crippen molar-refractivity contribution < 1.29 is 20.1 Å². The van der Waals surface area contributed by atoms with E-state index in [1.165, 1.54) is 0 Å². The lowest BCUT2D eigenvalue weighted by Crippen LogP contribution is -2.33. The normalized spacial score (nSPS) is 31.7. The molecule has 1 aliphatic rings. The van der Waals surface area contributed by atoms with Gasteiger partial charge in [-0.3, -0.25) is 5.41 Å². The van der Waals surface area contributed by atoms with Crippen LogP contribution in [0.4, 0.5) is 5.95 Å². The molecule has 0 bridgehead atoms. The number of nitrogens with two attached hydrogens (primary N) is 2. The van der Waals surface area contributed by atoms with Crippen molar-refractivity contribution in [2.24, 2.45) is 5.73 Å². The van der Waals surface area contributed by atoms with Crippen molar-refractivity contribution in [2.45, 2.75) is 24.5 Å². The molecule has 100 valence electrons. The number of ether oxygens (including phenoxy) is 1. The van der Waals surface area contributed by atoms with Gasteiger partial charge in [0.1, 0.15) is 18.3 Å². The van der Waals surface area contributed by atoms with Gasteiger partial charge in [0.05, 0.1) is 6.61 Å². The summed E-state index contributed by atoms with van der Waals surface area (Å²) in [5, 5.41) is 39.3. The summed E-state index contributed by atoms with van der Waals surface area (Å²) in [5.74, 6) is -0.604. The molecule has 18 heavy (non-hydrogen) atoms. The first kappa shape index (κ1) is 12.7. The van der Waals surface area contributed by atoms with Gasteiger partial charge < -0.3 is 31.5 Å². The van der Waals surface area contributed by atoms with E-state index < -0.39 is 31.1 Å². The van der Waals surface area contributed by atoms with E-state index in [1.807, 2.05) is 0 Å². The molecule has 1 fully saturated rings. The number of anilines is 1. The maximum atomic E-state index is 9.77. The van der Waals surface area contributed by atoms with Gasteiger partial charge in [0.2, 0.25) is 11.8 Å². The largest absolute Gasteiger partial charge is 0.394 e. The van der Waals surface area contributed by atoms with Gasteiger partial charge in [0.15, 0.2) is 12.1 Å². The van der Waals surface area contributed by atoms with Gasteiger partial charge in [0, 0.05) is 0 Å². The quantitative estimate of drug-likeness (QED) is 0.242.